The van der Waals surface area contributed by atoms with Crippen LogP contribution in [0.3, 0.4) is 0 Å². The summed E-state index contributed by atoms with van der Waals surface area (Å²) in [6.45, 7) is 2.80. The van der Waals surface area contributed by atoms with Crippen LogP contribution in [-0.4, -0.2) is 57.2 Å². The molecule has 2 aromatic rings. The van der Waals surface area contributed by atoms with Gasteiger partial charge in [-0.05, 0) is 35.9 Å². The number of benzene rings is 2. The van der Waals surface area contributed by atoms with Gasteiger partial charge in [0.15, 0.2) is 0 Å². The smallest absolute Gasteiger partial charge is 0.321 e. The van der Waals surface area contributed by atoms with Crippen molar-refractivity contribution in [1.29, 1.82) is 0 Å². The standard InChI is InChI=1S/C21H26N4O3/c1-22-20(26)15-16-5-3-4-6-19(16)23-21(27)25-13-11-24(12-14-25)17-7-9-18(28-2)10-8-17/h3-10H,11-15H2,1-2H3,(H,22,26)(H,23,27). The summed E-state index contributed by atoms with van der Waals surface area (Å²) >= 11 is 0. The Morgan fingerprint density at radius 1 is 1.00 bits per heavy atom. The molecule has 0 spiro atoms. The number of rotatable bonds is 5. The van der Waals surface area contributed by atoms with E-state index in [9.17, 15) is 9.59 Å². The van der Waals surface area contributed by atoms with Crippen molar-refractivity contribution in [3.63, 3.8) is 0 Å². The molecule has 2 N–H and O–H groups in total. The van der Waals surface area contributed by atoms with E-state index < -0.39 is 0 Å². The Bertz CT molecular complexity index is 815. The minimum absolute atomic E-state index is 0.0881. The lowest BCUT2D eigenvalue weighted by molar-refractivity contribution is -0.119. The van der Waals surface area contributed by atoms with E-state index in [2.05, 4.69) is 15.5 Å². The number of methoxy groups -OCH3 is 1. The highest BCUT2D eigenvalue weighted by atomic mass is 16.5. The third-order valence-corrected chi connectivity index (χ3v) is 4.89. The second kappa shape index (κ2) is 9.12. The molecule has 0 saturated carbocycles. The molecule has 148 valence electrons. The molecule has 1 aliphatic rings. The van der Waals surface area contributed by atoms with Crippen LogP contribution in [0.15, 0.2) is 48.5 Å². The van der Waals surface area contributed by atoms with Gasteiger partial charge in [0.1, 0.15) is 5.75 Å². The highest BCUT2D eigenvalue weighted by Crippen LogP contribution is 2.21. The second-order valence-corrected chi connectivity index (χ2v) is 6.61. The van der Waals surface area contributed by atoms with Crippen molar-refractivity contribution in [2.45, 2.75) is 6.42 Å². The number of amides is 3. The summed E-state index contributed by atoms with van der Waals surface area (Å²) in [6.07, 6.45) is 0.234. The Labute approximate surface area is 165 Å². The first-order chi connectivity index (χ1) is 13.6. The van der Waals surface area contributed by atoms with Crippen LogP contribution in [0.2, 0.25) is 0 Å². The van der Waals surface area contributed by atoms with Crippen LogP contribution in [0.25, 0.3) is 0 Å². The summed E-state index contributed by atoms with van der Waals surface area (Å²) in [6, 6.07) is 15.2. The van der Waals surface area contributed by atoms with Crippen molar-refractivity contribution in [3.05, 3.63) is 54.1 Å². The van der Waals surface area contributed by atoms with Crippen molar-refractivity contribution >= 4 is 23.3 Å². The zero-order valence-corrected chi connectivity index (χ0v) is 16.3. The fraction of sp³-hybridized carbons (Fsp3) is 0.333. The number of carbonyl (C=O) groups excluding carboxylic acids is 2. The molecule has 0 bridgehead atoms. The molecule has 3 rings (SSSR count). The Kier molecular flexibility index (Phi) is 6.37. The molecular formula is C21H26N4O3. The fourth-order valence-electron chi connectivity index (χ4n) is 3.21. The maximum absolute atomic E-state index is 12.7. The van der Waals surface area contributed by atoms with Crippen LogP contribution < -0.4 is 20.3 Å². The third kappa shape index (κ3) is 4.73. The molecule has 28 heavy (non-hydrogen) atoms. The van der Waals surface area contributed by atoms with Gasteiger partial charge in [0, 0.05) is 44.6 Å². The van der Waals surface area contributed by atoms with Crippen LogP contribution in [0.5, 0.6) is 5.75 Å². The zero-order chi connectivity index (χ0) is 19.9. The quantitative estimate of drug-likeness (QED) is 0.833. The summed E-state index contributed by atoms with van der Waals surface area (Å²) in [5.41, 5.74) is 2.59. The summed E-state index contributed by atoms with van der Waals surface area (Å²) in [5, 5.41) is 5.56. The van der Waals surface area contributed by atoms with Gasteiger partial charge in [-0.2, -0.15) is 0 Å². The number of hydrogen-bond donors (Lipinski definition) is 2. The number of piperazine rings is 1. The lowest BCUT2D eigenvalue weighted by atomic mass is 10.1. The molecule has 7 heteroatoms. The number of carbonyl (C=O) groups is 2. The second-order valence-electron chi connectivity index (χ2n) is 6.61. The van der Waals surface area contributed by atoms with E-state index in [0.29, 0.717) is 18.8 Å². The maximum atomic E-state index is 12.7. The van der Waals surface area contributed by atoms with E-state index >= 15 is 0 Å². The number of anilines is 2. The number of ether oxygens (including phenoxy) is 1. The van der Waals surface area contributed by atoms with Gasteiger partial charge in [0.05, 0.1) is 13.5 Å². The average Bonchev–Trinajstić information content (AvgIpc) is 2.75. The summed E-state index contributed by atoms with van der Waals surface area (Å²) in [5.74, 6) is 0.743. The van der Waals surface area contributed by atoms with E-state index in [4.69, 9.17) is 4.74 Å². The Morgan fingerprint density at radius 2 is 1.68 bits per heavy atom. The van der Waals surface area contributed by atoms with Crippen molar-refractivity contribution in [2.24, 2.45) is 0 Å². The molecule has 0 radical (unpaired) electrons. The average molecular weight is 382 g/mol. The topological polar surface area (TPSA) is 73.9 Å². The predicted octanol–water partition coefficient (Wildman–Crippen LogP) is 2.34. The van der Waals surface area contributed by atoms with E-state index in [1.807, 2.05) is 48.5 Å². The minimum Gasteiger partial charge on any atom is -0.497 e. The minimum atomic E-state index is -0.140. The summed E-state index contributed by atoms with van der Waals surface area (Å²) < 4.78 is 5.20. The first kappa shape index (κ1) is 19.5. The normalized spacial score (nSPS) is 13.8. The van der Waals surface area contributed by atoms with Gasteiger partial charge in [-0.3, -0.25) is 4.79 Å². The van der Waals surface area contributed by atoms with E-state index in [-0.39, 0.29) is 18.4 Å². The monoisotopic (exact) mass is 382 g/mol. The van der Waals surface area contributed by atoms with Gasteiger partial charge < -0.3 is 25.2 Å². The van der Waals surface area contributed by atoms with Crippen LogP contribution in [0.1, 0.15) is 5.56 Å². The lowest BCUT2D eigenvalue weighted by Crippen LogP contribution is -2.50. The van der Waals surface area contributed by atoms with Gasteiger partial charge in [0.2, 0.25) is 5.91 Å². The highest BCUT2D eigenvalue weighted by molar-refractivity contribution is 5.91. The van der Waals surface area contributed by atoms with Gasteiger partial charge in [-0.1, -0.05) is 18.2 Å². The molecular weight excluding hydrogens is 356 g/mol. The molecule has 1 heterocycles. The SMILES string of the molecule is CNC(=O)Cc1ccccc1NC(=O)N1CCN(c2ccc(OC)cc2)CC1. The van der Waals surface area contributed by atoms with E-state index in [1.54, 1.807) is 19.1 Å². The number of para-hydroxylation sites is 1. The van der Waals surface area contributed by atoms with Crippen LogP contribution in [0.4, 0.5) is 16.2 Å². The van der Waals surface area contributed by atoms with Gasteiger partial charge >= 0.3 is 6.03 Å². The number of urea groups is 1. The maximum Gasteiger partial charge on any atom is 0.321 e. The molecule has 0 unspecified atom stereocenters. The van der Waals surface area contributed by atoms with E-state index in [1.165, 1.54) is 0 Å². The van der Waals surface area contributed by atoms with E-state index in [0.717, 1.165) is 30.1 Å². The largest absolute Gasteiger partial charge is 0.497 e. The van der Waals surface area contributed by atoms with Crippen LogP contribution in [-0.2, 0) is 11.2 Å². The van der Waals surface area contributed by atoms with Crippen LogP contribution >= 0.6 is 0 Å². The van der Waals surface area contributed by atoms with Crippen LogP contribution in [0, 0.1) is 0 Å². The number of nitrogens with one attached hydrogen (secondary N) is 2. The summed E-state index contributed by atoms with van der Waals surface area (Å²) in [4.78, 5) is 28.4. The van der Waals surface area contributed by atoms with Crippen molar-refractivity contribution < 1.29 is 14.3 Å². The Hall–Kier alpha value is -3.22. The molecule has 0 aromatic heterocycles. The number of likely N-dealkylation sites (N-methyl/N-ethyl adjacent to an activating group) is 1. The van der Waals surface area contributed by atoms with Crippen molar-refractivity contribution in [1.82, 2.24) is 10.2 Å². The third-order valence-electron chi connectivity index (χ3n) is 4.89. The first-order valence-corrected chi connectivity index (χ1v) is 9.34. The molecule has 3 amide bonds. The fourth-order valence-corrected chi connectivity index (χ4v) is 3.21. The Morgan fingerprint density at radius 3 is 2.32 bits per heavy atom. The highest BCUT2D eigenvalue weighted by Gasteiger charge is 2.22. The molecule has 1 aliphatic heterocycles. The molecule has 7 nitrogen and oxygen atoms in total. The predicted molar refractivity (Wildman–Crippen MR) is 110 cm³/mol. The van der Waals surface area contributed by atoms with Gasteiger partial charge in [-0.25, -0.2) is 4.79 Å². The first-order valence-electron chi connectivity index (χ1n) is 9.34. The number of nitrogens with zero attached hydrogens (tertiary/aromatic N) is 2. The van der Waals surface area contributed by atoms with Gasteiger partial charge in [0.25, 0.3) is 0 Å². The molecule has 0 aliphatic carbocycles. The Balaban J connectivity index is 1.57. The van der Waals surface area contributed by atoms with Crippen molar-refractivity contribution in [2.75, 3.05) is 50.6 Å². The lowest BCUT2D eigenvalue weighted by Gasteiger charge is -2.36. The molecule has 1 fully saturated rings. The molecule has 0 atom stereocenters. The van der Waals surface area contributed by atoms with Gasteiger partial charge in [-0.15, -0.1) is 0 Å². The summed E-state index contributed by atoms with van der Waals surface area (Å²) in [7, 11) is 3.25. The number of hydrogen-bond acceptors (Lipinski definition) is 4. The molecule has 2 aromatic carbocycles. The zero-order valence-electron chi connectivity index (χ0n) is 16.3. The van der Waals surface area contributed by atoms with Crippen molar-refractivity contribution in [3.8, 4) is 5.75 Å². The molecule has 1 saturated heterocycles.